The molecule has 30 heavy (non-hydrogen) atoms. The van der Waals surface area contributed by atoms with Gasteiger partial charge in [0, 0.05) is 31.7 Å². The molecule has 1 heterocycles. The average molecular weight is 432 g/mol. The highest BCUT2D eigenvalue weighted by atomic mass is 32.2. The Morgan fingerprint density at radius 3 is 2.23 bits per heavy atom. The maximum absolute atomic E-state index is 12.8. The van der Waals surface area contributed by atoms with E-state index in [4.69, 9.17) is 4.74 Å². The van der Waals surface area contributed by atoms with Crippen LogP contribution in [-0.4, -0.2) is 63.0 Å². The zero-order chi connectivity index (χ0) is 21.7. The topological polar surface area (TPSA) is 96.0 Å². The molecule has 1 saturated heterocycles. The Bertz CT molecular complexity index is 1020. The molecule has 1 N–H and O–H groups in total. The predicted octanol–water partition coefficient (Wildman–Crippen LogP) is 2.71. The second kappa shape index (κ2) is 9.17. The molecule has 2 aromatic rings. The molecule has 9 heteroatoms. The Hall–Kier alpha value is -3.07. The molecule has 0 aliphatic carbocycles. The zero-order valence-corrected chi connectivity index (χ0v) is 17.8. The van der Waals surface area contributed by atoms with Crippen LogP contribution in [0.3, 0.4) is 0 Å². The molecule has 1 fully saturated rings. The lowest BCUT2D eigenvalue weighted by Gasteiger charge is -2.34. The van der Waals surface area contributed by atoms with Crippen LogP contribution in [0.5, 0.6) is 0 Å². The number of nitrogens with zero attached hydrogens (tertiary/aromatic N) is 2. The van der Waals surface area contributed by atoms with Gasteiger partial charge in [-0.15, -0.1) is 0 Å². The van der Waals surface area contributed by atoms with E-state index in [2.05, 4.69) is 4.72 Å². The summed E-state index contributed by atoms with van der Waals surface area (Å²) in [4.78, 5) is 28.0. The molecule has 160 valence electrons. The maximum atomic E-state index is 12.8. The normalized spacial score (nSPS) is 14.3. The number of rotatable bonds is 5. The smallest absolute Gasteiger partial charge is 0.409 e. The summed E-state index contributed by atoms with van der Waals surface area (Å²) in [6.07, 6.45) is -0.365. The van der Waals surface area contributed by atoms with Crippen LogP contribution in [0.1, 0.15) is 22.8 Å². The fourth-order valence-corrected chi connectivity index (χ4v) is 4.36. The lowest BCUT2D eigenvalue weighted by Crippen LogP contribution is -2.50. The molecule has 3 rings (SSSR count). The van der Waals surface area contributed by atoms with E-state index in [1.54, 1.807) is 60.0 Å². The third-order valence-electron chi connectivity index (χ3n) is 4.86. The van der Waals surface area contributed by atoms with E-state index in [-0.39, 0.29) is 16.9 Å². The monoisotopic (exact) mass is 431 g/mol. The fraction of sp³-hybridized carbons (Fsp3) is 0.333. The highest BCUT2D eigenvalue weighted by Crippen LogP contribution is 2.22. The van der Waals surface area contributed by atoms with Crippen LogP contribution in [0.15, 0.2) is 53.4 Å². The summed E-state index contributed by atoms with van der Waals surface area (Å²) >= 11 is 0. The van der Waals surface area contributed by atoms with Crippen LogP contribution in [0.2, 0.25) is 0 Å². The molecule has 0 atom stereocenters. The zero-order valence-electron chi connectivity index (χ0n) is 17.0. The van der Waals surface area contributed by atoms with Crippen molar-refractivity contribution in [3.63, 3.8) is 0 Å². The molecule has 0 radical (unpaired) electrons. The number of aryl methyl sites for hydroxylation is 1. The Kier molecular flexibility index (Phi) is 6.61. The number of hydrogen-bond acceptors (Lipinski definition) is 5. The molecular formula is C21H25N3O5S. The number of hydrogen-bond donors (Lipinski definition) is 1. The molecule has 1 aliphatic rings. The largest absolute Gasteiger partial charge is 0.450 e. The molecule has 8 nitrogen and oxygen atoms in total. The van der Waals surface area contributed by atoms with E-state index in [1.807, 2.05) is 0 Å². The summed E-state index contributed by atoms with van der Waals surface area (Å²) < 4.78 is 32.6. The summed E-state index contributed by atoms with van der Waals surface area (Å²) in [6, 6.07) is 13.0. The number of sulfonamides is 1. The SMILES string of the molecule is CCOC(=O)N1CCN(C(=O)c2ccc(NS(=O)(=O)c3ccccc3)c(C)c2)CC1. The fourth-order valence-electron chi connectivity index (χ4n) is 3.20. The van der Waals surface area contributed by atoms with Crippen molar-refractivity contribution in [2.45, 2.75) is 18.7 Å². The van der Waals surface area contributed by atoms with Gasteiger partial charge in [-0.25, -0.2) is 13.2 Å². The molecular weight excluding hydrogens is 406 g/mol. The molecule has 0 bridgehead atoms. The quantitative estimate of drug-likeness (QED) is 0.785. The third-order valence-corrected chi connectivity index (χ3v) is 6.25. The highest BCUT2D eigenvalue weighted by molar-refractivity contribution is 7.92. The summed E-state index contributed by atoms with van der Waals surface area (Å²) in [5.41, 5.74) is 1.53. The van der Waals surface area contributed by atoms with Gasteiger partial charge in [-0.05, 0) is 49.7 Å². The van der Waals surface area contributed by atoms with Crippen LogP contribution >= 0.6 is 0 Å². The van der Waals surface area contributed by atoms with Crippen molar-refractivity contribution in [1.82, 2.24) is 9.80 Å². The van der Waals surface area contributed by atoms with Crippen LogP contribution in [0, 0.1) is 6.92 Å². The second-order valence-corrected chi connectivity index (χ2v) is 8.61. The third kappa shape index (κ3) is 4.91. The highest BCUT2D eigenvalue weighted by Gasteiger charge is 2.26. The number of ether oxygens (including phenoxy) is 1. The number of piperazine rings is 1. The Balaban J connectivity index is 1.67. The average Bonchev–Trinajstić information content (AvgIpc) is 2.75. The number of carbonyl (C=O) groups is 2. The van der Waals surface area contributed by atoms with Gasteiger partial charge in [-0.3, -0.25) is 9.52 Å². The summed E-state index contributed by atoms with van der Waals surface area (Å²) in [6.45, 7) is 5.48. The first-order valence-electron chi connectivity index (χ1n) is 9.71. The number of anilines is 1. The molecule has 0 unspecified atom stereocenters. The first kappa shape index (κ1) is 21.6. The molecule has 0 saturated carbocycles. The van der Waals surface area contributed by atoms with E-state index >= 15 is 0 Å². The van der Waals surface area contributed by atoms with Crippen molar-refractivity contribution in [3.05, 3.63) is 59.7 Å². The second-order valence-electron chi connectivity index (χ2n) is 6.93. The first-order valence-corrected chi connectivity index (χ1v) is 11.2. The van der Waals surface area contributed by atoms with Crippen molar-refractivity contribution in [1.29, 1.82) is 0 Å². The summed E-state index contributed by atoms with van der Waals surface area (Å²) in [7, 11) is -3.70. The Morgan fingerprint density at radius 2 is 1.63 bits per heavy atom. The lowest BCUT2D eigenvalue weighted by molar-refractivity contribution is 0.0570. The molecule has 2 aromatic carbocycles. The summed E-state index contributed by atoms with van der Waals surface area (Å²) in [5, 5.41) is 0. The standard InChI is InChI=1S/C21H25N3O5S/c1-3-29-21(26)24-13-11-23(12-14-24)20(25)17-9-10-19(16(2)15-17)22-30(27,28)18-7-5-4-6-8-18/h4-10,15,22H,3,11-14H2,1-2H3. The van der Waals surface area contributed by atoms with Crippen LogP contribution in [0.25, 0.3) is 0 Å². The van der Waals surface area contributed by atoms with Crippen molar-refractivity contribution in [3.8, 4) is 0 Å². The van der Waals surface area contributed by atoms with Crippen molar-refractivity contribution < 1.29 is 22.7 Å². The van der Waals surface area contributed by atoms with Gasteiger partial charge < -0.3 is 14.5 Å². The van der Waals surface area contributed by atoms with Gasteiger partial charge in [0.1, 0.15) is 0 Å². The van der Waals surface area contributed by atoms with Gasteiger partial charge in [0.05, 0.1) is 17.2 Å². The van der Waals surface area contributed by atoms with Gasteiger partial charge in [-0.2, -0.15) is 0 Å². The maximum Gasteiger partial charge on any atom is 0.409 e. The van der Waals surface area contributed by atoms with Gasteiger partial charge >= 0.3 is 6.09 Å². The Labute approximate surface area is 176 Å². The summed E-state index contributed by atoms with van der Waals surface area (Å²) in [5.74, 6) is -0.154. The van der Waals surface area contributed by atoms with Gasteiger partial charge in [0.15, 0.2) is 0 Å². The predicted molar refractivity (Wildman–Crippen MR) is 113 cm³/mol. The molecule has 0 aromatic heterocycles. The first-order chi connectivity index (χ1) is 14.3. The van der Waals surface area contributed by atoms with E-state index in [9.17, 15) is 18.0 Å². The minimum Gasteiger partial charge on any atom is -0.450 e. The Morgan fingerprint density at radius 1 is 1.00 bits per heavy atom. The molecule has 0 spiro atoms. The number of amides is 2. The van der Waals surface area contributed by atoms with Crippen LogP contribution in [-0.2, 0) is 14.8 Å². The van der Waals surface area contributed by atoms with Crippen molar-refractivity contribution in [2.24, 2.45) is 0 Å². The number of carbonyl (C=O) groups excluding carboxylic acids is 2. The molecule has 2 amide bonds. The van der Waals surface area contributed by atoms with Gasteiger partial charge in [0.2, 0.25) is 0 Å². The van der Waals surface area contributed by atoms with Gasteiger partial charge in [-0.1, -0.05) is 18.2 Å². The van der Waals surface area contributed by atoms with Gasteiger partial charge in [0.25, 0.3) is 15.9 Å². The van der Waals surface area contributed by atoms with Crippen LogP contribution in [0.4, 0.5) is 10.5 Å². The van der Waals surface area contributed by atoms with Crippen molar-refractivity contribution in [2.75, 3.05) is 37.5 Å². The van der Waals surface area contributed by atoms with E-state index in [0.717, 1.165) is 0 Å². The minimum atomic E-state index is -3.70. The van der Waals surface area contributed by atoms with Crippen molar-refractivity contribution >= 4 is 27.7 Å². The number of nitrogens with one attached hydrogen (secondary N) is 1. The van der Waals surface area contributed by atoms with E-state index < -0.39 is 10.0 Å². The van der Waals surface area contributed by atoms with Crippen LogP contribution < -0.4 is 4.72 Å². The van der Waals surface area contributed by atoms with E-state index in [1.165, 1.54) is 12.1 Å². The lowest BCUT2D eigenvalue weighted by atomic mass is 10.1. The molecule has 1 aliphatic heterocycles. The minimum absolute atomic E-state index is 0.154. The number of benzene rings is 2. The van der Waals surface area contributed by atoms with E-state index in [0.29, 0.717) is 49.6 Å².